The van der Waals surface area contributed by atoms with E-state index < -0.39 is 11.0 Å². The molecule has 0 radical (unpaired) electrons. The highest BCUT2D eigenvalue weighted by atomic mass is 79.9. The van der Waals surface area contributed by atoms with Crippen LogP contribution in [0.15, 0.2) is 33.2 Å². The highest BCUT2D eigenvalue weighted by Crippen LogP contribution is 2.35. The number of hydrogen-bond acceptors (Lipinski definition) is 4. The smallest absolute Gasteiger partial charge is 0.273 e. The number of rotatable bonds is 3. The maximum absolute atomic E-state index is 10.9. The summed E-state index contributed by atoms with van der Waals surface area (Å²) < 4.78 is 6.19. The molecule has 1 aromatic carbocycles. The molecule has 1 heterocycles. The van der Waals surface area contributed by atoms with Crippen LogP contribution in [0.3, 0.4) is 0 Å². The average Bonchev–Trinajstić information content (AvgIpc) is 2.77. The Kier molecular flexibility index (Phi) is 3.73. The standard InChI is InChI=1S/C13H12BrNO4/c1-7-5-10(14)9(6-11(7)15(17)18)13-4-3-12(19-13)8(2)16/h3-6,8,16H,1-2H3. The predicted octanol–water partition coefficient (Wildman–Crippen LogP) is 3.98. The van der Waals surface area contributed by atoms with Gasteiger partial charge in [0.25, 0.3) is 5.69 Å². The molecule has 1 atom stereocenters. The molecule has 1 unspecified atom stereocenters. The van der Waals surface area contributed by atoms with Gasteiger partial charge in [-0.15, -0.1) is 0 Å². The summed E-state index contributed by atoms with van der Waals surface area (Å²) >= 11 is 3.37. The van der Waals surface area contributed by atoms with E-state index in [2.05, 4.69) is 15.9 Å². The normalized spacial score (nSPS) is 12.4. The molecule has 100 valence electrons. The number of nitro groups is 1. The fourth-order valence-corrected chi connectivity index (χ4v) is 2.42. The number of nitro benzene ring substituents is 1. The van der Waals surface area contributed by atoms with Crippen LogP contribution in [0.5, 0.6) is 0 Å². The van der Waals surface area contributed by atoms with Crippen molar-refractivity contribution in [2.75, 3.05) is 0 Å². The van der Waals surface area contributed by atoms with Crippen LogP contribution < -0.4 is 0 Å². The molecule has 0 aliphatic heterocycles. The van der Waals surface area contributed by atoms with Crippen molar-refractivity contribution in [1.82, 2.24) is 0 Å². The van der Waals surface area contributed by atoms with Gasteiger partial charge in [-0.05, 0) is 32.0 Å². The largest absolute Gasteiger partial charge is 0.458 e. The van der Waals surface area contributed by atoms with E-state index >= 15 is 0 Å². The van der Waals surface area contributed by atoms with E-state index in [1.165, 1.54) is 6.07 Å². The first-order valence-corrected chi connectivity index (χ1v) is 6.42. The summed E-state index contributed by atoms with van der Waals surface area (Å²) in [7, 11) is 0. The summed E-state index contributed by atoms with van der Waals surface area (Å²) in [6, 6.07) is 6.47. The number of furan rings is 1. The van der Waals surface area contributed by atoms with Crippen LogP contribution in [-0.4, -0.2) is 10.0 Å². The van der Waals surface area contributed by atoms with Crippen molar-refractivity contribution in [3.63, 3.8) is 0 Å². The van der Waals surface area contributed by atoms with E-state index in [9.17, 15) is 15.2 Å². The zero-order chi connectivity index (χ0) is 14.2. The number of nitrogens with zero attached hydrogens (tertiary/aromatic N) is 1. The third-order valence-electron chi connectivity index (χ3n) is 2.79. The number of halogens is 1. The molecule has 0 aliphatic carbocycles. The summed E-state index contributed by atoms with van der Waals surface area (Å²) in [6.07, 6.45) is -0.715. The molecule has 5 nitrogen and oxygen atoms in total. The van der Waals surface area contributed by atoms with E-state index in [1.54, 1.807) is 32.0 Å². The molecule has 2 aromatic rings. The van der Waals surface area contributed by atoms with Gasteiger partial charge < -0.3 is 9.52 Å². The first-order valence-electron chi connectivity index (χ1n) is 5.63. The molecule has 0 saturated heterocycles. The molecule has 0 spiro atoms. The lowest BCUT2D eigenvalue weighted by atomic mass is 10.1. The van der Waals surface area contributed by atoms with E-state index in [4.69, 9.17) is 4.42 Å². The highest BCUT2D eigenvalue weighted by Gasteiger charge is 2.18. The van der Waals surface area contributed by atoms with Gasteiger partial charge in [-0.25, -0.2) is 0 Å². The van der Waals surface area contributed by atoms with Crippen molar-refractivity contribution < 1.29 is 14.4 Å². The van der Waals surface area contributed by atoms with Crippen molar-refractivity contribution >= 4 is 21.6 Å². The van der Waals surface area contributed by atoms with Crippen LogP contribution in [0, 0.1) is 17.0 Å². The Morgan fingerprint density at radius 2 is 2.11 bits per heavy atom. The molecule has 2 rings (SSSR count). The second-order valence-corrected chi connectivity index (χ2v) is 5.11. The zero-order valence-electron chi connectivity index (χ0n) is 10.4. The van der Waals surface area contributed by atoms with E-state index in [-0.39, 0.29) is 5.69 Å². The van der Waals surface area contributed by atoms with Gasteiger partial charge in [0, 0.05) is 21.7 Å². The fourth-order valence-electron chi connectivity index (χ4n) is 1.77. The molecule has 0 aliphatic rings. The molecule has 0 saturated carbocycles. The van der Waals surface area contributed by atoms with E-state index in [0.717, 1.165) is 0 Å². The molecule has 1 aromatic heterocycles. The SMILES string of the molecule is Cc1cc(Br)c(-c2ccc(C(C)O)o2)cc1[N+](=O)[O-]. The van der Waals surface area contributed by atoms with Gasteiger partial charge in [-0.1, -0.05) is 15.9 Å². The maximum Gasteiger partial charge on any atom is 0.273 e. The number of hydrogen-bond donors (Lipinski definition) is 1. The van der Waals surface area contributed by atoms with Crippen LogP contribution in [-0.2, 0) is 0 Å². The van der Waals surface area contributed by atoms with Gasteiger partial charge >= 0.3 is 0 Å². The lowest BCUT2D eigenvalue weighted by molar-refractivity contribution is -0.385. The Morgan fingerprint density at radius 1 is 1.42 bits per heavy atom. The Balaban J connectivity index is 2.54. The van der Waals surface area contributed by atoms with Crippen molar-refractivity contribution in [3.05, 3.63) is 50.2 Å². The van der Waals surface area contributed by atoms with Crippen LogP contribution in [0.1, 0.15) is 24.4 Å². The monoisotopic (exact) mass is 325 g/mol. The van der Waals surface area contributed by atoms with Gasteiger partial charge in [-0.3, -0.25) is 10.1 Å². The number of benzene rings is 1. The molecule has 19 heavy (non-hydrogen) atoms. The number of aryl methyl sites for hydroxylation is 1. The quantitative estimate of drug-likeness (QED) is 0.684. The summed E-state index contributed by atoms with van der Waals surface area (Å²) in [5, 5.41) is 20.4. The molecule has 0 amide bonds. The zero-order valence-corrected chi connectivity index (χ0v) is 12.0. The van der Waals surface area contributed by atoms with Gasteiger partial charge in [0.15, 0.2) is 0 Å². The first kappa shape index (κ1) is 13.8. The van der Waals surface area contributed by atoms with Crippen molar-refractivity contribution in [3.8, 4) is 11.3 Å². The maximum atomic E-state index is 10.9. The van der Waals surface area contributed by atoms with Gasteiger partial charge in [0.05, 0.1) is 4.92 Å². The first-order chi connectivity index (χ1) is 8.90. The van der Waals surface area contributed by atoms with Gasteiger partial charge in [0.2, 0.25) is 0 Å². The third-order valence-corrected chi connectivity index (χ3v) is 3.44. The average molecular weight is 326 g/mol. The minimum atomic E-state index is -0.715. The molecular formula is C13H12BrNO4. The van der Waals surface area contributed by atoms with E-state index in [0.29, 0.717) is 27.1 Å². The van der Waals surface area contributed by atoms with Crippen molar-refractivity contribution in [1.29, 1.82) is 0 Å². The summed E-state index contributed by atoms with van der Waals surface area (Å²) in [5.41, 5.74) is 1.19. The Bertz CT molecular complexity index is 634. The summed E-state index contributed by atoms with van der Waals surface area (Å²) in [6.45, 7) is 3.27. The van der Waals surface area contributed by atoms with Crippen LogP contribution in [0.25, 0.3) is 11.3 Å². The van der Waals surface area contributed by atoms with Crippen molar-refractivity contribution in [2.24, 2.45) is 0 Å². The summed E-state index contributed by atoms with van der Waals surface area (Å²) in [4.78, 5) is 10.5. The van der Waals surface area contributed by atoms with Crippen LogP contribution in [0.2, 0.25) is 0 Å². The van der Waals surface area contributed by atoms with Crippen LogP contribution >= 0.6 is 15.9 Å². The highest BCUT2D eigenvalue weighted by molar-refractivity contribution is 9.10. The predicted molar refractivity (Wildman–Crippen MR) is 73.9 cm³/mol. The summed E-state index contributed by atoms with van der Waals surface area (Å²) in [5.74, 6) is 0.899. The molecule has 6 heteroatoms. The van der Waals surface area contributed by atoms with Crippen LogP contribution in [0.4, 0.5) is 5.69 Å². The van der Waals surface area contributed by atoms with Crippen molar-refractivity contribution in [2.45, 2.75) is 20.0 Å². The number of aliphatic hydroxyl groups is 1. The Morgan fingerprint density at radius 3 is 2.63 bits per heavy atom. The van der Waals surface area contributed by atoms with E-state index in [1.807, 2.05) is 0 Å². The number of aliphatic hydroxyl groups excluding tert-OH is 1. The lowest BCUT2D eigenvalue weighted by Gasteiger charge is -2.04. The molecule has 0 bridgehead atoms. The molecule has 1 N–H and O–H groups in total. The lowest BCUT2D eigenvalue weighted by Crippen LogP contribution is -1.93. The topological polar surface area (TPSA) is 76.5 Å². The van der Waals surface area contributed by atoms with Gasteiger partial charge in [-0.2, -0.15) is 0 Å². The minimum absolute atomic E-state index is 0.0354. The second-order valence-electron chi connectivity index (χ2n) is 4.25. The third kappa shape index (κ3) is 2.69. The molecular weight excluding hydrogens is 314 g/mol. The fraction of sp³-hybridized carbons (Fsp3) is 0.231. The minimum Gasteiger partial charge on any atom is -0.458 e. The van der Waals surface area contributed by atoms with Gasteiger partial charge in [0.1, 0.15) is 17.6 Å². The Labute approximate surface area is 118 Å². The Hall–Kier alpha value is -1.66. The molecule has 0 fully saturated rings. The second kappa shape index (κ2) is 5.14.